The van der Waals surface area contributed by atoms with Crippen molar-refractivity contribution in [2.45, 2.75) is 85.1 Å². The van der Waals surface area contributed by atoms with Crippen molar-refractivity contribution in [3.63, 3.8) is 0 Å². The Kier molecular flexibility index (Phi) is 6.87. The smallest absolute Gasteiger partial charge is 0.226 e. The van der Waals surface area contributed by atoms with Gasteiger partial charge in [0.1, 0.15) is 5.76 Å². The van der Waals surface area contributed by atoms with Crippen molar-refractivity contribution in [2.75, 3.05) is 0 Å². The second kappa shape index (κ2) is 9.34. The van der Waals surface area contributed by atoms with Crippen molar-refractivity contribution in [2.24, 2.45) is 10.9 Å². The van der Waals surface area contributed by atoms with E-state index in [0.717, 1.165) is 54.5 Å². The molecule has 0 N–H and O–H groups in total. The molecule has 1 aromatic heterocycles. The predicted molar refractivity (Wildman–Crippen MR) is 114 cm³/mol. The lowest BCUT2D eigenvalue weighted by molar-refractivity contribution is 0.349. The predicted octanol–water partition coefficient (Wildman–Crippen LogP) is 6.57. The van der Waals surface area contributed by atoms with Crippen LogP contribution in [-0.2, 0) is 12.8 Å². The zero-order valence-electron chi connectivity index (χ0n) is 17.4. The fourth-order valence-electron chi connectivity index (χ4n) is 3.93. The van der Waals surface area contributed by atoms with Gasteiger partial charge in [-0.05, 0) is 88.8 Å². The monoisotopic (exact) mass is 366 g/mol. The van der Waals surface area contributed by atoms with Crippen molar-refractivity contribution >= 4 is 5.71 Å². The summed E-state index contributed by atoms with van der Waals surface area (Å²) in [5, 5.41) is 0. The molecule has 3 heteroatoms. The third kappa shape index (κ3) is 5.54. The molecule has 0 radical (unpaired) electrons. The Morgan fingerprint density at radius 1 is 1.15 bits per heavy atom. The molecular formula is C24H34N2O. The Morgan fingerprint density at radius 2 is 1.85 bits per heavy atom. The Balaban J connectivity index is 1.53. The molecule has 0 spiro atoms. The summed E-state index contributed by atoms with van der Waals surface area (Å²) in [6, 6.07) is 9.08. The molecule has 0 aliphatic heterocycles. The highest BCUT2D eigenvalue weighted by atomic mass is 16.4. The quantitative estimate of drug-likeness (QED) is 0.519. The van der Waals surface area contributed by atoms with Crippen molar-refractivity contribution in [3.8, 4) is 11.5 Å². The molecule has 0 unspecified atom stereocenters. The van der Waals surface area contributed by atoms with E-state index in [0.29, 0.717) is 6.04 Å². The number of benzene rings is 1. The van der Waals surface area contributed by atoms with Crippen LogP contribution in [0.25, 0.3) is 11.5 Å². The summed E-state index contributed by atoms with van der Waals surface area (Å²) in [6.45, 7) is 8.74. The topological polar surface area (TPSA) is 38.4 Å². The molecule has 0 amide bonds. The lowest BCUT2D eigenvalue weighted by atomic mass is 9.87. The van der Waals surface area contributed by atoms with Crippen molar-refractivity contribution in [1.82, 2.24) is 4.98 Å². The van der Waals surface area contributed by atoms with Gasteiger partial charge in [0.2, 0.25) is 5.89 Å². The number of hydrogen-bond donors (Lipinski definition) is 0. The summed E-state index contributed by atoms with van der Waals surface area (Å²) in [5.41, 5.74) is 4.78. The van der Waals surface area contributed by atoms with Gasteiger partial charge in [0.05, 0.1) is 5.69 Å². The first-order valence-corrected chi connectivity index (χ1v) is 10.6. The summed E-state index contributed by atoms with van der Waals surface area (Å²) in [5.74, 6) is 2.58. The van der Waals surface area contributed by atoms with E-state index in [2.05, 4.69) is 45.0 Å². The van der Waals surface area contributed by atoms with Crippen LogP contribution in [0.15, 0.2) is 33.7 Å². The van der Waals surface area contributed by atoms with Gasteiger partial charge in [0.25, 0.3) is 0 Å². The van der Waals surface area contributed by atoms with Gasteiger partial charge in [-0.15, -0.1) is 0 Å². The van der Waals surface area contributed by atoms with Crippen molar-refractivity contribution in [1.29, 1.82) is 0 Å². The number of aryl methyl sites for hydroxylation is 3. The Labute approximate surface area is 164 Å². The molecule has 2 aromatic rings. The first-order valence-electron chi connectivity index (χ1n) is 10.6. The summed E-state index contributed by atoms with van der Waals surface area (Å²) < 4.78 is 5.92. The molecule has 27 heavy (non-hydrogen) atoms. The van der Waals surface area contributed by atoms with Crippen LogP contribution in [-0.4, -0.2) is 16.7 Å². The summed E-state index contributed by atoms with van der Waals surface area (Å²) >= 11 is 0. The van der Waals surface area contributed by atoms with Crippen molar-refractivity contribution < 1.29 is 4.42 Å². The normalized spacial score (nSPS) is 20.8. The Morgan fingerprint density at radius 3 is 2.52 bits per heavy atom. The van der Waals surface area contributed by atoms with E-state index >= 15 is 0 Å². The van der Waals surface area contributed by atoms with E-state index in [1.165, 1.54) is 37.0 Å². The van der Waals surface area contributed by atoms with Gasteiger partial charge in [-0.25, -0.2) is 4.98 Å². The largest absolute Gasteiger partial charge is 0.441 e. The second-order valence-corrected chi connectivity index (χ2v) is 8.20. The van der Waals surface area contributed by atoms with E-state index < -0.39 is 0 Å². The fraction of sp³-hybridized carbons (Fsp3) is 0.583. The maximum Gasteiger partial charge on any atom is 0.226 e. The average molecular weight is 367 g/mol. The maximum atomic E-state index is 5.92. The van der Waals surface area contributed by atoms with Crippen LogP contribution in [0.3, 0.4) is 0 Å². The zero-order chi connectivity index (χ0) is 19.2. The van der Waals surface area contributed by atoms with Gasteiger partial charge in [-0.1, -0.05) is 26.0 Å². The lowest BCUT2D eigenvalue weighted by Gasteiger charge is -2.23. The highest BCUT2D eigenvalue weighted by Gasteiger charge is 2.17. The molecule has 0 saturated heterocycles. The first-order chi connectivity index (χ1) is 13.0. The summed E-state index contributed by atoms with van der Waals surface area (Å²) in [7, 11) is 0. The van der Waals surface area contributed by atoms with Crippen molar-refractivity contribution in [3.05, 3.63) is 41.3 Å². The Bertz CT molecular complexity index is 749. The molecule has 1 saturated carbocycles. The molecule has 1 heterocycles. The average Bonchev–Trinajstić information content (AvgIpc) is 3.04. The van der Waals surface area contributed by atoms with E-state index in [4.69, 9.17) is 14.4 Å². The van der Waals surface area contributed by atoms with Crippen LogP contribution in [0, 0.1) is 12.8 Å². The highest BCUT2D eigenvalue weighted by Crippen LogP contribution is 2.26. The molecule has 0 bridgehead atoms. The highest BCUT2D eigenvalue weighted by molar-refractivity contribution is 5.82. The third-order valence-corrected chi connectivity index (χ3v) is 5.84. The van der Waals surface area contributed by atoms with Gasteiger partial charge < -0.3 is 4.42 Å². The minimum atomic E-state index is 0.563. The molecule has 1 aliphatic rings. The standard InChI is InChI=1S/C24H34N2O/c1-5-20-11-13-21(14-12-20)24-26-23(19(4)27-24)8-6-7-18(3)25-22-15-9-17(2)10-16-22/h11-14,17,22H,5-10,15-16H2,1-4H3. The van der Waals surface area contributed by atoms with Gasteiger partial charge >= 0.3 is 0 Å². The molecule has 0 atom stereocenters. The molecule has 146 valence electrons. The van der Waals surface area contributed by atoms with Crippen LogP contribution in [0.2, 0.25) is 0 Å². The van der Waals surface area contributed by atoms with Crippen LogP contribution in [0.4, 0.5) is 0 Å². The SMILES string of the molecule is CCc1ccc(-c2nc(CCCC(C)=NC3CCC(C)CC3)c(C)o2)cc1. The maximum absolute atomic E-state index is 5.92. The number of nitrogens with zero attached hydrogens (tertiary/aromatic N) is 2. The molecular weight excluding hydrogens is 332 g/mol. The minimum Gasteiger partial charge on any atom is -0.441 e. The zero-order valence-corrected chi connectivity index (χ0v) is 17.4. The molecule has 3 rings (SSSR count). The molecule has 1 aliphatic carbocycles. The second-order valence-electron chi connectivity index (χ2n) is 8.20. The van der Waals surface area contributed by atoms with Crippen LogP contribution >= 0.6 is 0 Å². The van der Waals surface area contributed by atoms with Gasteiger partial charge in [-0.2, -0.15) is 0 Å². The number of aliphatic imine (C=N–C) groups is 1. The third-order valence-electron chi connectivity index (χ3n) is 5.84. The van der Waals surface area contributed by atoms with E-state index in [1.807, 2.05) is 6.92 Å². The number of rotatable bonds is 7. The number of oxazole rings is 1. The van der Waals surface area contributed by atoms with Crippen LogP contribution in [0.5, 0.6) is 0 Å². The van der Waals surface area contributed by atoms with Gasteiger partial charge in [0, 0.05) is 17.3 Å². The molecule has 1 aromatic carbocycles. The summed E-state index contributed by atoms with van der Waals surface area (Å²) in [6.07, 6.45) is 9.35. The van der Waals surface area contributed by atoms with E-state index in [-0.39, 0.29) is 0 Å². The number of aromatic nitrogens is 1. The Hall–Kier alpha value is -1.90. The molecule has 3 nitrogen and oxygen atoms in total. The van der Waals surface area contributed by atoms with E-state index in [1.54, 1.807) is 0 Å². The molecule has 1 fully saturated rings. The fourth-order valence-corrected chi connectivity index (χ4v) is 3.93. The van der Waals surface area contributed by atoms with Crippen LogP contribution in [0.1, 0.15) is 76.3 Å². The number of hydrogen-bond acceptors (Lipinski definition) is 3. The first kappa shape index (κ1) is 19.9. The lowest BCUT2D eigenvalue weighted by Crippen LogP contribution is -2.16. The summed E-state index contributed by atoms with van der Waals surface area (Å²) in [4.78, 5) is 9.72. The van der Waals surface area contributed by atoms with Gasteiger partial charge in [-0.3, -0.25) is 4.99 Å². The van der Waals surface area contributed by atoms with Gasteiger partial charge in [0.15, 0.2) is 0 Å². The minimum absolute atomic E-state index is 0.563. The van der Waals surface area contributed by atoms with E-state index in [9.17, 15) is 0 Å². The van der Waals surface area contributed by atoms with Crippen LogP contribution < -0.4 is 0 Å².